The van der Waals surface area contributed by atoms with E-state index in [0.29, 0.717) is 66.6 Å². The lowest BCUT2D eigenvalue weighted by molar-refractivity contribution is -0.384. The Balaban J connectivity index is 0.863. The molecular formula is C53H64N8O8S. The number of aromatic amines is 1. The zero-order chi connectivity index (χ0) is 48.4. The van der Waals surface area contributed by atoms with E-state index in [4.69, 9.17) is 19.2 Å². The molecule has 6 aliphatic rings. The van der Waals surface area contributed by atoms with Crippen LogP contribution in [0.2, 0.25) is 0 Å². The van der Waals surface area contributed by atoms with Gasteiger partial charge in [-0.05, 0) is 156 Å². The Bertz CT molecular complexity index is 2900. The molecule has 70 heavy (non-hydrogen) atoms. The summed E-state index contributed by atoms with van der Waals surface area (Å²) in [5, 5.41) is 16.5. The number of benzene rings is 3. The van der Waals surface area contributed by atoms with Crippen LogP contribution < -0.4 is 24.6 Å². The van der Waals surface area contributed by atoms with E-state index in [0.717, 1.165) is 75.3 Å². The van der Waals surface area contributed by atoms with Gasteiger partial charge in [0.25, 0.3) is 21.6 Å². The molecule has 3 saturated heterocycles. The van der Waals surface area contributed by atoms with E-state index in [-0.39, 0.29) is 39.4 Å². The van der Waals surface area contributed by atoms with Crippen molar-refractivity contribution in [1.29, 1.82) is 0 Å². The number of nitrogens with one attached hydrogen (secondary N) is 3. The van der Waals surface area contributed by atoms with Crippen molar-refractivity contribution < 1.29 is 32.3 Å². The van der Waals surface area contributed by atoms with Crippen LogP contribution in [-0.4, -0.2) is 104 Å². The van der Waals surface area contributed by atoms with E-state index in [2.05, 4.69) is 67.8 Å². The van der Waals surface area contributed by atoms with Crippen molar-refractivity contribution in [3.63, 3.8) is 0 Å². The molecule has 5 aromatic rings. The second kappa shape index (κ2) is 18.5. The van der Waals surface area contributed by atoms with E-state index in [1.54, 1.807) is 13.2 Å². The summed E-state index contributed by atoms with van der Waals surface area (Å²) in [6.45, 7) is 8.49. The second-order valence-electron chi connectivity index (χ2n) is 21.0. The van der Waals surface area contributed by atoms with Crippen molar-refractivity contribution in [2.45, 2.75) is 119 Å². The van der Waals surface area contributed by atoms with Gasteiger partial charge in [-0.1, -0.05) is 24.3 Å². The number of pyridine rings is 1. The molecule has 5 fully saturated rings. The molecule has 16 nitrogen and oxygen atoms in total. The molecule has 0 radical (unpaired) electrons. The summed E-state index contributed by atoms with van der Waals surface area (Å²) in [7, 11) is -2.87. The zero-order valence-electron chi connectivity index (χ0n) is 40.3. The van der Waals surface area contributed by atoms with Crippen molar-refractivity contribution in [3.05, 3.63) is 106 Å². The molecule has 3 atom stereocenters. The average molecular weight is 973 g/mol. The predicted octanol–water partition coefficient (Wildman–Crippen LogP) is 9.18. The number of H-pyrrole nitrogens is 1. The van der Waals surface area contributed by atoms with Crippen LogP contribution in [0.4, 0.5) is 28.4 Å². The third-order valence-electron chi connectivity index (χ3n) is 16.9. The number of ether oxygens (including phenoxy) is 3. The van der Waals surface area contributed by atoms with Gasteiger partial charge in [0.2, 0.25) is 5.88 Å². The first kappa shape index (κ1) is 46.6. The molecule has 2 saturated carbocycles. The smallest absolute Gasteiger partial charge is 0.293 e. The number of hydrogen-bond donors (Lipinski definition) is 3. The van der Waals surface area contributed by atoms with Gasteiger partial charge < -0.3 is 34.3 Å². The summed E-state index contributed by atoms with van der Waals surface area (Å²) in [5.41, 5.74) is 5.70. The number of carbonyl (C=O) groups is 1. The fourth-order valence-electron chi connectivity index (χ4n) is 12.6. The summed E-state index contributed by atoms with van der Waals surface area (Å²) in [6, 6.07) is 23.0. The Labute approximate surface area is 409 Å². The number of rotatable bonds is 12. The van der Waals surface area contributed by atoms with Crippen LogP contribution in [0.5, 0.6) is 5.88 Å². The van der Waals surface area contributed by atoms with Crippen LogP contribution >= 0.6 is 0 Å². The SMILES string of the molecule is COC1(C)CCC(CNc2ccc(S(=O)(=O)NC(=O)c3ccc(N4CCC5(CC4)CC(N4CCC[C@H]4c4ccccc4C)C5)cc3N3c4cc5cc[nH]c5nc4O[C@H]4COCC[C@@H]43)cc2[N+](=O)[O-])CC1. The van der Waals surface area contributed by atoms with E-state index in [1.165, 1.54) is 48.9 Å². The molecule has 4 aliphatic heterocycles. The van der Waals surface area contributed by atoms with Crippen LogP contribution in [0, 0.1) is 28.4 Å². The maximum absolute atomic E-state index is 14.7. The largest absolute Gasteiger partial charge is 0.468 e. The van der Waals surface area contributed by atoms with Crippen LogP contribution in [-0.2, 0) is 19.5 Å². The third kappa shape index (κ3) is 8.76. The number of nitro benzene ring substituents is 1. The topological polar surface area (TPSA) is 184 Å². The van der Waals surface area contributed by atoms with Gasteiger partial charge in [-0.15, -0.1) is 0 Å². The molecule has 11 rings (SSSR count). The molecule has 2 aliphatic carbocycles. The van der Waals surface area contributed by atoms with Crippen molar-refractivity contribution in [3.8, 4) is 5.88 Å². The van der Waals surface area contributed by atoms with E-state index in [1.807, 2.05) is 30.5 Å². The standard InChI is InChI=1S/C53H64N8O8S/c1-34-7-4-5-8-40(34)43-9-6-23-59(43)38-30-53(31-38)20-24-58(25-21-53)37-10-12-41(45(28-37)60-44-17-26-68-33-48(44)69-51-47(60)27-36-16-22-54-49(36)56-51)50(62)57-70(65,66)39-11-13-42(46(29-39)61(63)64)55-32-35-14-18-52(2,67-3)19-15-35/h4-5,7-8,10-13,16,22,27-29,35,38,43-44,48,55H,6,9,14-15,17-21,23-26,30-33H2,1-3H3,(H,54,56)(H,57,62)/t35?,43-,44-,48-,52?/m0/s1. The van der Waals surface area contributed by atoms with Gasteiger partial charge in [-0.2, -0.15) is 4.98 Å². The number of amides is 1. The van der Waals surface area contributed by atoms with Crippen LogP contribution in [0.3, 0.4) is 0 Å². The first-order chi connectivity index (χ1) is 33.8. The van der Waals surface area contributed by atoms with Gasteiger partial charge in [0, 0.05) is 68.8 Å². The number of aromatic nitrogens is 2. The van der Waals surface area contributed by atoms with Crippen LogP contribution in [0.25, 0.3) is 11.0 Å². The molecule has 370 valence electrons. The number of nitrogens with zero attached hydrogens (tertiary/aromatic N) is 5. The highest BCUT2D eigenvalue weighted by Gasteiger charge is 2.50. The number of piperidine rings is 1. The molecular weight excluding hydrogens is 909 g/mol. The number of methoxy groups -OCH3 is 1. The summed E-state index contributed by atoms with van der Waals surface area (Å²) in [4.78, 5) is 41.4. The molecule has 6 heterocycles. The highest BCUT2D eigenvalue weighted by molar-refractivity contribution is 7.90. The van der Waals surface area contributed by atoms with E-state index < -0.39 is 27.0 Å². The number of fused-ring (bicyclic) bond motifs is 3. The summed E-state index contributed by atoms with van der Waals surface area (Å²) < 4.78 is 48.8. The zero-order valence-corrected chi connectivity index (χ0v) is 41.1. The first-order valence-electron chi connectivity index (χ1n) is 25.2. The van der Waals surface area contributed by atoms with Crippen LogP contribution in [0.15, 0.2) is 83.9 Å². The molecule has 17 heteroatoms. The molecule has 3 N–H and O–H groups in total. The van der Waals surface area contributed by atoms with E-state index in [9.17, 15) is 23.3 Å². The minimum Gasteiger partial charge on any atom is -0.468 e. The lowest BCUT2D eigenvalue weighted by Crippen LogP contribution is -2.55. The Morgan fingerprint density at radius 3 is 2.54 bits per heavy atom. The number of nitro groups is 1. The Hall–Kier alpha value is -5.75. The van der Waals surface area contributed by atoms with Gasteiger partial charge in [0.05, 0.1) is 39.3 Å². The number of aryl methyl sites for hydroxylation is 1. The Morgan fingerprint density at radius 2 is 1.77 bits per heavy atom. The lowest BCUT2D eigenvalue weighted by Gasteiger charge is -2.56. The predicted molar refractivity (Wildman–Crippen MR) is 269 cm³/mol. The molecule has 1 spiro atoms. The fourth-order valence-corrected chi connectivity index (χ4v) is 13.6. The Morgan fingerprint density at radius 1 is 0.971 bits per heavy atom. The number of hydrogen-bond acceptors (Lipinski definition) is 13. The molecule has 0 unspecified atom stereocenters. The molecule has 1 amide bonds. The van der Waals surface area contributed by atoms with E-state index >= 15 is 0 Å². The number of sulfonamides is 1. The quantitative estimate of drug-likeness (QED) is 0.0795. The number of carbonyl (C=O) groups excluding carboxylic acids is 1. The van der Waals surface area contributed by atoms with Gasteiger partial charge in [0.15, 0.2) is 0 Å². The van der Waals surface area contributed by atoms with Gasteiger partial charge in [-0.25, -0.2) is 13.1 Å². The lowest BCUT2D eigenvalue weighted by atomic mass is 9.59. The van der Waals surface area contributed by atoms with Crippen molar-refractivity contribution >= 4 is 55.4 Å². The minimum absolute atomic E-state index is 0.133. The molecule has 0 bridgehead atoms. The van der Waals surface area contributed by atoms with Crippen molar-refractivity contribution in [2.75, 3.05) is 61.6 Å². The van der Waals surface area contributed by atoms with Gasteiger partial charge in [0.1, 0.15) is 23.1 Å². The second-order valence-corrected chi connectivity index (χ2v) is 22.7. The normalized spacial score (nSPS) is 25.8. The van der Waals surface area contributed by atoms with Gasteiger partial charge >= 0.3 is 0 Å². The molecule has 2 aromatic heterocycles. The van der Waals surface area contributed by atoms with Crippen molar-refractivity contribution in [1.82, 2.24) is 19.6 Å². The highest BCUT2D eigenvalue weighted by atomic mass is 32.2. The summed E-state index contributed by atoms with van der Waals surface area (Å²) in [6.07, 6.45) is 12.5. The monoisotopic (exact) mass is 972 g/mol. The average Bonchev–Trinajstić information content (AvgIpc) is 4.04. The Kier molecular flexibility index (Phi) is 12.3. The van der Waals surface area contributed by atoms with Gasteiger partial charge in [-0.3, -0.25) is 19.8 Å². The summed E-state index contributed by atoms with van der Waals surface area (Å²) in [5.74, 6) is -0.194. The fraction of sp³-hybridized carbons (Fsp3) is 0.509. The maximum Gasteiger partial charge on any atom is 0.293 e. The molecule has 3 aromatic carbocycles. The summed E-state index contributed by atoms with van der Waals surface area (Å²) >= 11 is 0. The first-order valence-corrected chi connectivity index (χ1v) is 26.6. The number of likely N-dealkylation sites (tertiary alicyclic amines) is 1. The third-order valence-corrected chi connectivity index (χ3v) is 18.2. The maximum atomic E-state index is 14.7. The minimum atomic E-state index is -4.60. The highest BCUT2D eigenvalue weighted by Crippen LogP contribution is 2.54. The van der Waals surface area contributed by atoms with Crippen molar-refractivity contribution in [2.24, 2.45) is 11.3 Å². The number of anilines is 4. The van der Waals surface area contributed by atoms with Crippen LogP contribution in [0.1, 0.15) is 105 Å².